The van der Waals surface area contributed by atoms with Crippen LogP contribution >= 0.6 is 0 Å². The molecule has 1 fully saturated rings. The van der Waals surface area contributed by atoms with Gasteiger partial charge in [-0.1, -0.05) is 13.8 Å². The van der Waals surface area contributed by atoms with Gasteiger partial charge in [0, 0.05) is 20.0 Å². The van der Waals surface area contributed by atoms with Crippen LogP contribution in [0.1, 0.15) is 33.1 Å². The van der Waals surface area contributed by atoms with Crippen LogP contribution in [0.15, 0.2) is 0 Å². The molecule has 0 aromatic heterocycles. The van der Waals surface area contributed by atoms with Crippen LogP contribution in [0.5, 0.6) is 0 Å². The van der Waals surface area contributed by atoms with Crippen LogP contribution in [0.4, 0.5) is 0 Å². The zero-order chi connectivity index (χ0) is 13.8. The van der Waals surface area contributed by atoms with Gasteiger partial charge in [-0.05, 0) is 50.9 Å². The molecule has 1 rings (SSSR count). The number of rotatable bonds is 5. The Kier molecular flexibility index (Phi) is 5.60. The van der Waals surface area contributed by atoms with Gasteiger partial charge in [0.05, 0.1) is 0 Å². The molecule has 1 aliphatic rings. The van der Waals surface area contributed by atoms with E-state index in [0.717, 1.165) is 19.6 Å². The molecule has 1 heterocycles. The second kappa shape index (κ2) is 6.53. The van der Waals surface area contributed by atoms with Crippen molar-refractivity contribution in [1.29, 1.82) is 0 Å². The number of likely N-dealkylation sites (tertiary alicyclic amines) is 1. The minimum absolute atomic E-state index is 0.0852. The van der Waals surface area contributed by atoms with Crippen LogP contribution < -0.4 is 5.73 Å². The standard InChI is InChI=1S/C14H29N3O/c1-14(2,11-15)9-13(18)17(4)10-12-5-7-16(3)8-6-12/h12H,5-11,15H2,1-4H3. The molecular weight excluding hydrogens is 226 g/mol. The van der Waals surface area contributed by atoms with Gasteiger partial charge in [-0.3, -0.25) is 4.79 Å². The molecule has 1 aliphatic heterocycles. The van der Waals surface area contributed by atoms with E-state index < -0.39 is 0 Å². The van der Waals surface area contributed by atoms with Crippen molar-refractivity contribution in [1.82, 2.24) is 9.80 Å². The lowest BCUT2D eigenvalue weighted by Gasteiger charge is -2.32. The molecule has 1 saturated heterocycles. The molecule has 0 aromatic carbocycles. The normalized spacial score (nSPS) is 18.9. The lowest BCUT2D eigenvalue weighted by Crippen LogP contribution is -2.40. The molecule has 0 bridgehead atoms. The number of piperidine rings is 1. The highest BCUT2D eigenvalue weighted by Gasteiger charge is 2.25. The largest absolute Gasteiger partial charge is 0.345 e. The molecule has 0 spiro atoms. The molecule has 0 radical (unpaired) electrons. The van der Waals surface area contributed by atoms with E-state index in [1.54, 1.807) is 0 Å². The van der Waals surface area contributed by atoms with Crippen molar-refractivity contribution in [3.8, 4) is 0 Å². The first-order valence-corrected chi connectivity index (χ1v) is 6.96. The number of carbonyl (C=O) groups is 1. The summed E-state index contributed by atoms with van der Waals surface area (Å²) in [6.07, 6.45) is 2.95. The van der Waals surface area contributed by atoms with Gasteiger partial charge in [-0.15, -0.1) is 0 Å². The Bertz CT molecular complexity index is 270. The lowest BCUT2D eigenvalue weighted by atomic mass is 9.88. The third-order valence-electron chi connectivity index (χ3n) is 3.98. The fourth-order valence-corrected chi connectivity index (χ4v) is 2.35. The zero-order valence-electron chi connectivity index (χ0n) is 12.4. The third kappa shape index (κ3) is 4.94. The molecule has 1 amide bonds. The Hall–Kier alpha value is -0.610. The SMILES string of the molecule is CN1CCC(CN(C)C(=O)CC(C)(C)CN)CC1. The van der Waals surface area contributed by atoms with Gasteiger partial charge in [-0.2, -0.15) is 0 Å². The summed E-state index contributed by atoms with van der Waals surface area (Å²) in [4.78, 5) is 16.4. The maximum absolute atomic E-state index is 12.1. The van der Waals surface area contributed by atoms with E-state index in [2.05, 4.69) is 11.9 Å². The molecule has 4 heteroatoms. The topological polar surface area (TPSA) is 49.6 Å². The highest BCUT2D eigenvalue weighted by atomic mass is 16.2. The van der Waals surface area contributed by atoms with E-state index in [1.165, 1.54) is 12.8 Å². The number of carbonyl (C=O) groups excluding carboxylic acids is 1. The molecule has 4 nitrogen and oxygen atoms in total. The first-order chi connectivity index (χ1) is 8.34. The fraction of sp³-hybridized carbons (Fsp3) is 0.929. The summed E-state index contributed by atoms with van der Waals surface area (Å²) in [5.41, 5.74) is 5.59. The maximum atomic E-state index is 12.1. The summed E-state index contributed by atoms with van der Waals surface area (Å²) < 4.78 is 0. The van der Waals surface area contributed by atoms with Crippen LogP contribution in [0.25, 0.3) is 0 Å². The minimum Gasteiger partial charge on any atom is -0.345 e. The second-order valence-electron chi connectivity index (χ2n) is 6.57. The molecule has 0 atom stereocenters. The van der Waals surface area contributed by atoms with Gasteiger partial charge < -0.3 is 15.5 Å². The number of nitrogens with zero attached hydrogens (tertiary/aromatic N) is 2. The van der Waals surface area contributed by atoms with E-state index in [1.807, 2.05) is 25.8 Å². The van der Waals surface area contributed by atoms with Crippen LogP contribution in [0.3, 0.4) is 0 Å². The van der Waals surface area contributed by atoms with Crippen LogP contribution in [0, 0.1) is 11.3 Å². The Morgan fingerprint density at radius 1 is 1.39 bits per heavy atom. The van der Waals surface area contributed by atoms with Gasteiger partial charge in [0.25, 0.3) is 0 Å². The van der Waals surface area contributed by atoms with E-state index >= 15 is 0 Å². The molecular formula is C14H29N3O. The Labute approximate surface area is 111 Å². The van der Waals surface area contributed by atoms with E-state index in [4.69, 9.17) is 5.73 Å². The van der Waals surface area contributed by atoms with E-state index in [0.29, 0.717) is 18.9 Å². The van der Waals surface area contributed by atoms with Crippen molar-refractivity contribution in [2.75, 3.05) is 40.3 Å². The summed E-state index contributed by atoms with van der Waals surface area (Å²) >= 11 is 0. The predicted octanol–water partition coefficient (Wildman–Crippen LogP) is 1.16. The van der Waals surface area contributed by atoms with Crippen molar-refractivity contribution < 1.29 is 4.79 Å². The monoisotopic (exact) mass is 255 g/mol. The van der Waals surface area contributed by atoms with E-state index in [-0.39, 0.29) is 11.3 Å². The van der Waals surface area contributed by atoms with Gasteiger partial charge >= 0.3 is 0 Å². The van der Waals surface area contributed by atoms with Gasteiger partial charge in [0.2, 0.25) is 5.91 Å². The van der Waals surface area contributed by atoms with Crippen molar-refractivity contribution in [2.45, 2.75) is 33.1 Å². The highest BCUT2D eigenvalue weighted by Crippen LogP contribution is 2.21. The number of hydrogen-bond donors (Lipinski definition) is 1. The van der Waals surface area contributed by atoms with E-state index in [9.17, 15) is 4.79 Å². The van der Waals surface area contributed by atoms with Crippen molar-refractivity contribution >= 4 is 5.91 Å². The molecule has 0 aromatic rings. The molecule has 2 N–H and O–H groups in total. The van der Waals surface area contributed by atoms with Gasteiger partial charge in [0.15, 0.2) is 0 Å². The first kappa shape index (κ1) is 15.4. The highest BCUT2D eigenvalue weighted by molar-refractivity contribution is 5.76. The van der Waals surface area contributed by atoms with Crippen molar-refractivity contribution in [3.63, 3.8) is 0 Å². The summed E-state index contributed by atoms with van der Waals surface area (Å²) in [6, 6.07) is 0. The van der Waals surface area contributed by atoms with Gasteiger partial charge in [-0.25, -0.2) is 0 Å². The third-order valence-corrected chi connectivity index (χ3v) is 3.98. The zero-order valence-corrected chi connectivity index (χ0v) is 12.4. The fourth-order valence-electron chi connectivity index (χ4n) is 2.35. The Morgan fingerprint density at radius 3 is 2.44 bits per heavy atom. The molecule has 0 unspecified atom stereocenters. The molecule has 106 valence electrons. The smallest absolute Gasteiger partial charge is 0.222 e. The number of amides is 1. The van der Waals surface area contributed by atoms with Crippen LogP contribution in [-0.2, 0) is 4.79 Å². The van der Waals surface area contributed by atoms with Crippen molar-refractivity contribution in [2.24, 2.45) is 17.1 Å². The summed E-state index contributed by atoms with van der Waals surface area (Å²) in [6.45, 7) is 7.86. The quantitative estimate of drug-likeness (QED) is 0.802. The predicted molar refractivity (Wildman–Crippen MR) is 75.3 cm³/mol. The molecule has 18 heavy (non-hydrogen) atoms. The summed E-state index contributed by atoms with van der Waals surface area (Å²) in [7, 11) is 4.09. The minimum atomic E-state index is -0.0852. The van der Waals surface area contributed by atoms with Crippen LogP contribution in [-0.4, -0.2) is 56.0 Å². The van der Waals surface area contributed by atoms with Crippen molar-refractivity contribution in [3.05, 3.63) is 0 Å². The number of nitrogens with two attached hydrogens (primary N) is 1. The average molecular weight is 255 g/mol. The lowest BCUT2D eigenvalue weighted by molar-refractivity contribution is -0.132. The van der Waals surface area contributed by atoms with Gasteiger partial charge in [0.1, 0.15) is 0 Å². The molecule has 0 aliphatic carbocycles. The Balaban J connectivity index is 2.36. The average Bonchev–Trinajstić information content (AvgIpc) is 2.31. The second-order valence-corrected chi connectivity index (χ2v) is 6.57. The first-order valence-electron chi connectivity index (χ1n) is 6.96. The summed E-state index contributed by atoms with van der Waals surface area (Å²) in [5, 5.41) is 0. The number of hydrogen-bond acceptors (Lipinski definition) is 3. The Morgan fingerprint density at radius 2 is 1.94 bits per heavy atom. The summed E-state index contributed by atoms with van der Waals surface area (Å²) in [5.74, 6) is 0.889. The van der Waals surface area contributed by atoms with Crippen LogP contribution in [0.2, 0.25) is 0 Å². The molecule has 0 saturated carbocycles. The maximum Gasteiger partial charge on any atom is 0.222 e.